The Morgan fingerprint density at radius 3 is 2.50 bits per heavy atom. The predicted molar refractivity (Wildman–Crippen MR) is 82.0 cm³/mol. The first kappa shape index (κ1) is 17.2. The first-order valence-electron chi connectivity index (χ1n) is 7.01. The van der Waals surface area contributed by atoms with Crippen LogP contribution in [-0.2, 0) is 0 Å². The molecule has 0 spiro atoms. The van der Waals surface area contributed by atoms with Crippen LogP contribution in [0.25, 0.3) is 0 Å². The van der Waals surface area contributed by atoms with E-state index in [1.54, 1.807) is 12.1 Å². The lowest BCUT2D eigenvalue weighted by Gasteiger charge is -2.36. The molecule has 1 aliphatic heterocycles. The van der Waals surface area contributed by atoms with Crippen molar-refractivity contribution in [2.45, 2.75) is 26.3 Å². The van der Waals surface area contributed by atoms with E-state index in [0.717, 1.165) is 32.6 Å². The summed E-state index contributed by atoms with van der Waals surface area (Å²) in [6.07, 6.45) is 0.932. The van der Waals surface area contributed by atoms with Crippen molar-refractivity contribution in [1.29, 1.82) is 0 Å². The molecule has 114 valence electrons. The van der Waals surface area contributed by atoms with E-state index in [1.807, 2.05) is 0 Å². The molecular formula is C15H24ClFN2O. The summed E-state index contributed by atoms with van der Waals surface area (Å²) < 4.78 is 14.1. The fourth-order valence-corrected chi connectivity index (χ4v) is 2.70. The molecule has 20 heavy (non-hydrogen) atoms. The zero-order chi connectivity index (χ0) is 13.8. The van der Waals surface area contributed by atoms with Crippen LogP contribution in [0.1, 0.15) is 31.9 Å². The quantitative estimate of drug-likeness (QED) is 0.897. The number of phenols is 1. The number of benzene rings is 1. The van der Waals surface area contributed by atoms with Gasteiger partial charge in [0.2, 0.25) is 0 Å². The molecule has 0 aliphatic carbocycles. The summed E-state index contributed by atoms with van der Waals surface area (Å²) in [6.45, 7) is 8.11. The summed E-state index contributed by atoms with van der Waals surface area (Å²) in [4.78, 5) is 2.34. The number of piperazine rings is 1. The summed E-state index contributed by atoms with van der Waals surface area (Å²) >= 11 is 0. The van der Waals surface area contributed by atoms with Gasteiger partial charge in [0.25, 0.3) is 0 Å². The highest BCUT2D eigenvalue weighted by Gasteiger charge is 2.25. The molecule has 5 heteroatoms. The lowest BCUT2D eigenvalue weighted by Crippen LogP contribution is -2.45. The van der Waals surface area contributed by atoms with Crippen LogP contribution in [0.5, 0.6) is 5.75 Å². The molecule has 0 unspecified atom stereocenters. The topological polar surface area (TPSA) is 35.5 Å². The van der Waals surface area contributed by atoms with Crippen molar-refractivity contribution >= 4 is 12.4 Å². The van der Waals surface area contributed by atoms with Crippen LogP contribution in [-0.4, -0.2) is 36.2 Å². The van der Waals surface area contributed by atoms with Crippen molar-refractivity contribution in [3.8, 4) is 5.75 Å². The Bertz CT molecular complexity index is 422. The van der Waals surface area contributed by atoms with Gasteiger partial charge >= 0.3 is 0 Å². The molecule has 1 aliphatic rings. The van der Waals surface area contributed by atoms with Gasteiger partial charge in [0.1, 0.15) is 11.6 Å². The number of nitrogens with zero attached hydrogens (tertiary/aromatic N) is 1. The molecule has 0 amide bonds. The third-order valence-corrected chi connectivity index (χ3v) is 3.63. The van der Waals surface area contributed by atoms with E-state index in [2.05, 4.69) is 24.1 Å². The number of hydrogen-bond acceptors (Lipinski definition) is 3. The van der Waals surface area contributed by atoms with Crippen molar-refractivity contribution in [1.82, 2.24) is 10.2 Å². The summed E-state index contributed by atoms with van der Waals surface area (Å²) in [7, 11) is 0. The first-order chi connectivity index (χ1) is 9.08. The van der Waals surface area contributed by atoms with Crippen molar-refractivity contribution in [3.05, 3.63) is 29.6 Å². The lowest BCUT2D eigenvalue weighted by molar-refractivity contribution is 0.151. The minimum absolute atomic E-state index is 0. The van der Waals surface area contributed by atoms with Crippen LogP contribution in [0, 0.1) is 11.7 Å². The maximum atomic E-state index is 14.1. The molecule has 0 saturated carbocycles. The molecule has 0 radical (unpaired) electrons. The highest BCUT2D eigenvalue weighted by atomic mass is 35.5. The molecule has 1 fully saturated rings. The summed E-state index contributed by atoms with van der Waals surface area (Å²) in [5, 5.41) is 12.7. The Labute approximate surface area is 126 Å². The third-order valence-electron chi connectivity index (χ3n) is 3.63. The minimum atomic E-state index is -0.302. The van der Waals surface area contributed by atoms with E-state index in [0.29, 0.717) is 11.5 Å². The van der Waals surface area contributed by atoms with Crippen LogP contribution in [0.3, 0.4) is 0 Å². The van der Waals surface area contributed by atoms with E-state index in [1.165, 1.54) is 6.07 Å². The average Bonchev–Trinajstić information content (AvgIpc) is 2.37. The first-order valence-corrected chi connectivity index (χ1v) is 7.01. The smallest absolute Gasteiger partial charge is 0.131 e. The Kier molecular flexibility index (Phi) is 6.72. The predicted octanol–water partition coefficient (Wildman–Crippen LogP) is 2.95. The average molecular weight is 303 g/mol. The van der Waals surface area contributed by atoms with Crippen molar-refractivity contribution < 1.29 is 9.50 Å². The number of nitrogens with one attached hydrogen (secondary N) is 1. The van der Waals surface area contributed by atoms with E-state index in [-0.39, 0.29) is 30.0 Å². The SMILES string of the molecule is CC(C)C[C@@H](c1ccc(O)cc1F)N1CCNCC1.Cl. The maximum Gasteiger partial charge on any atom is 0.131 e. The molecule has 1 atom stereocenters. The third kappa shape index (κ3) is 4.33. The lowest BCUT2D eigenvalue weighted by atomic mass is 9.94. The molecule has 3 nitrogen and oxygen atoms in total. The molecule has 1 aromatic rings. The molecule has 0 bridgehead atoms. The molecule has 1 aromatic carbocycles. The molecule has 1 heterocycles. The normalized spacial score (nSPS) is 17.8. The van der Waals surface area contributed by atoms with Crippen LogP contribution in [0.15, 0.2) is 18.2 Å². The number of hydrogen-bond donors (Lipinski definition) is 2. The Hall–Kier alpha value is -0.840. The van der Waals surface area contributed by atoms with Gasteiger partial charge in [0.15, 0.2) is 0 Å². The van der Waals surface area contributed by atoms with E-state index >= 15 is 0 Å². The van der Waals surface area contributed by atoms with E-state index in [4.69, 9.17) is 0 Å². The van der Waals surface area contributed by atoms with Gasteiger partial charge in [0.05, 0.1) is 0 Å². The standard InChI is InChI=1S/C15H23FN2O.ClH/c1-11(2)9-15(18-7-5-17-6-8-18)13-4-3-12(19)10-14(13)16;/h3-4,10-11,15,17,19H,5-9H2,1-2H3;1H/t15-;/m0./s1. The monoisotopic (exact) mass is 302 g/mol. The summed E-state index contributed by atoms with van der Waals surface area (Å²) in [6, 6.07) is 4.61. The zero-order valence-corrected chi connectivity index (χ0v) is 12.9. The van der Waals surface area contributed by atoms with Gasteiger partial charge in [-0.2, -0.15) is 0 Å². The van der Waals surface area contributed by atoms with Gasteiger partial charge in [-0.3, -0.25) is 4.90 Å². The van der Waals surface area contributed by atoms with Gasteiger partial charge in [-0.25, -0.2) is 4.39 Å². The van der Waals surface area contributed by atoms with E-state index < -0.39 is 0 Å². The summed E-state index contributed by atoms with van der Waals surface area (Å²) in [5.41, 5.74) is 0.702. The van der Waals surface area contributed by atoms with E-state index in [9.17, 15) is 9.50 Å². The van der Waals surface area contributed by atoms with Crippen molar-refractivity contribution in [2.24, 2.45) is 5.92 Å². The van der Waals surface area contributed by atoms with Crippen molar-refractivity contribution in [3.63, 3.8) is 0 Å². The molecule has 2 N–H and O–H groups in total. The fourth-order valence-electron chi connectivity index (χ4n) is 2.70. The van der Waals surface area contributed by atoms with Gasteiger partial charge < -0.3 is 10.4 Å². The van der Waals surface area contributed by atoms with Gasteiger partial charge in [-0.1, -0.05) is 19.9 Å². The number of rotatable bonds is 4. The number of phenolic OH excluding ortho intramolecular Hbond substituents is 1. The van der Waals surface area contributed by atoms with Gasteiger partial charge in [0, 0.05) is 43.9 Å². The maximum absolute atomic E-state index is 14.1. The highest BCUT2D eigenvalue weighted by molar-refractivity contribution is 5.85. The zero-order valence-electron chi connectivity index (χ0n) is 12.1. The molecular weight excluding hydrogens is 279 g/mol. The number of halogens is 2. The van der Waals surface area contributed by atoms with Crippen LogP contribution >= 0.6 is 12.4 Å². The van der Waals surface area contributed by atoms with Crippen LogP contribution in [0.2, 0.25) is 0 Å². The number of aromatic hydroxyl groups is 1. The van der Waals surface area contributed by atoms with Gasteiger partial charge in [-0.15, -0.1) is 12.4 Å². The Morgan fingerprint density at radius 2 is 1.95 bits per heavy atom. The molecule has 0 aromatic heterocycles. The Morgan fingerprint density at radius 1 is 1.30 bits per heavy atom. The van der Waals surface area contributed by atoms with Crippen molar-refractivity contribution in [2.75, 3.05) is 26.2 Å². The molecule has 1 saturated heterocycles. The second kappa shape index (κ2) is 7.81. The minimum Gasteiger partial charge on any atom is -0.508 e. The highest BCUT2D eigenvalue weighted by Crippen LogP contribution is 2.31. The van der Waals surface area contributed by atoms with Crippen LogP contribution < -0.4 is 5.32 Å². The van der Waals surface area contributed by atoms with Gasteiger partial charge in [-0.05, 0) is 18.4 Å². The van der Waals surface area contributed by atoms with Crippen LogP contribution in [0.4, 0.5) is 4.39 Å². The summed E-state index contributed by atoms with van der Waals surface area (Å²) in [5.74, 6) is 0.196. The molecule has 2 rings (SSSR count). The second-order valence-corrected chi connectivity index (χ2v) is 5.64. The Balaban J connectivity index is 0.00000200. The fraction of sp³-hybridized carbons (Fsp3) is 0.600. The second-order valence-electron chi connectivity index (χ2n) is 5.64. The largest absolute Gasteiger partial charge is 0.508 e.